The average Bonchev–Trinajstić information content (AvgIpc) is 2.75. The van der Waals surface area contributed by atoms with Crippen LogP contribution in [0.5, 0.6) is 0 Å². The van der Waals surface area contributed by atoms with E-state index >= 15 is 0 Å². The number of hydrogen-bond donors (Lipinski definition) is 2. The van der Waals surface area contributed by atoms with Gasteiger partial charge in [-0.3, -0.25) is 9.59 Å². The van der Waals surface area contributed by atoms with Crippen molar-refractivity contribution in [2.24, 2.45) is 0 Å². The van der Waals surface area contributed by atoms with Gasteiger partial charge in [0.05, 0.1) is 18.5 Å². The lowest BCUT2D eigenvalue weighted by Gasteiger charge is -2.10. The molecule has 2 aromatic carbocycles. The number of hydrogen-bond acceptors (Lipinski definition) is 6. The molecule has 1 aromatic heterocycles. The number of rotatable bonds is 8. The first-order chi connectivity index (χ1) is 14.1. The highest BCUT2D eigenvalue weighted by molar-refractivity contribution is 6.02. The summed E-state index contributed by atoms with van der Waals surface area (Å²) in [5.74, 6) is -1.24. The maximum Gasteiger partial charge on any atom is 0.359 e. The van der Waals surface area contributed by atoms with Gasteiger partial charge in [0, 0.05) is 11.9 Å². The van der Waals surface area contributed by atoms with Crippen LogP contribution in [0.15, 0.2) is 59.4 Å². The Balaban J connectivity index is 1.64. The van der Waals surface area contributed by atoms with E-state index in [2.05, 4.69) is 10.4 Å². The second kappa shape index (κ2) is 9.61. The van der Waals surface area contributed by atoms with E-state index in [0.717, 1.165) is 10.2 Å². The molecule has 2 N–H and O–H groups in total. The molecule has 0 fully saturated rings. The van der Waals surface area contributed by atoms with Crippen LogP contribution in [-0.2, 0) is 22.5 Å². The molecule has 29 heavy (non-hydrogen) atoms. The van der Waals surface area contributed by atoms with Crippen LogP contribution in [0.3, 0.4) is 0 Å². The van der Waals surface area contributed by atoms with E-state index in [0.29, 0.717) is 18.4 Å². The van der Waals surface area contributed by atoms with Crippen molar-refractivity contribution in [3.05, 3.63) is 76.2 Å². The number of nitrogens with zero attached hydrogens (tertiary/aromatic N) is 2. The lowest BCUT2D eigenvalue weighted by Crippen LogP contribution is -2.31. The molecule has 0 atom stereocenters. The Morgan fingerprint density at radius 1 is 1.03 bits per heavy atom. The maximum atomic E-state index is 12.5. The fraction of sp³-hybridized carbons (Fsp3) is 0.238. The lowest BCUT2D eigenvalue weighted by atomic mass is 10.1. The molecule has 0 aliphatic rings. The Morgan fingerprint density at radius 2 is 1.72 bits per heavy atom. The van der Waals surface area contributed by atoms with Gasteiger partial charge >= 0.3 is 5.97 Å². The van der Waals surface area contributed by atoms with Gasteiger partial charge < -0.3 is 15.2 Å². The highest BCUT2D eigenvalue weighted by Gasteiger charge is 2.18. The number of aliphatic hydroxyl groups excluding tert-OH is 1. The molecule has 8 heteroatoms. The molecule has 0 saturated heterocycles. The SMILES string of the molecule is O=C(COC(=O)c1nn(CCO)c(=O)c2ccccc12)NCCc1ccccc1. The summed E-state index contributed by atoms with van der Waals surface area (Å²) in [5.41, 5.74) is 0.599. The normalized spacial score (nSPS) is 10.7. The van der Waals surface area contributed by atoms with Crippen molar-refractivity contribution in [1.82, 2.24) is 15.1 Å². The predicted octanol–water partition coefficient (Wildman–Crippen LogP) is 0.904. The van der Waals surface area contributed by atoms with Crippen molar-refractivity contribution >= 4 is 22.6 Å². The third-order valence-corrected chi connectivity index (χ3v) is 4.29. The van der Waals surface area contributed by atoms with Gasteiger partial charge in [0.15, 0.2) is 12.3 Å². The number of aromatic nitrogens is 2. The minimum absolute atomic E-state index is 0.0517. The summed E-state index contributed by atoms with van der Waals surface area (Å²) < 4.78 is 6.10. The molecule has 0 bridgehead atoms. The van der Waals surface area contributed by atoms with Gasteiger partial charge in [0.2, 0.25) is 0 Å². The zero-order chi connectivity index (χ0) is 20.6. The van der Waals surface area contributed by atoms with Crippen molar-refractivity contribution in [1.29, 1.82) is 0 Å². The topological polar surface area (TPSA) is 111 Å². The van der Waals surface area contributed by atoms with E-state index in [9.17, 15) is 14.4 Å². The molecule has 3 aromatic rings. The molecule has 0 aliphatic carbocycles. The van der Waals surface area contributed by atoms with Gasteiger partial charge in [0.25, 0.3) is 11.5 Å². The molecular weight excluding hydrogens is 374 g/mol. The quantitative estimate of drug-likeness (QED) is 0.549. The predicted molar refractivity (Wildman–Crippen MR) is 107 cm³/mol. The number of carbonyl (C=O) groups excluding carboxylic acids is 2. The second-order valence-electron chi connectivity index (χ2n) is 6.31. The first-order valence-electron chi connectivity index (χ1n) is 9.18. The number of amides is 1. The molecule has 0 unspecified atom stereocenters. The van der Waals surface area contributed by atoms with Gasteiger partial charge in [-0.1, -0.05) is 48.5 Å². The molecule has 3 rings (SSSR count). The Hall–Kier alpha value is -3.52. The summed E-state index contributed by atoms with van der Waals surface area (Å²) >= 11 is 0. The van der Waals surface area contributed by atoms with Crippen LogP contribution >= 0.6 is 0 Å². The van der Waals surface area contributed by atoms with E-state index in [-0.39, 0.29) is 24.2 Å². The van der Waals surface area contributed by atoms with E-state index in [1.807, 2.05) is 30.3 Å². The van der Waals surface area contributed by atoms with Crippen LogP contribution in [0.25, 0.3) is 10.8 Å². The van der Waals surface area contributed by atoms with Crippen molar-refractivity contribution in [2.75, 3.05) is 19.8 Å². The number of nitrogens with one attached hydrogen (secondary N) is 1. The Kier molecular flexibility index (Phi) is 6.70. The number of esters is 1. The van der Waals surface area contributed by atoms with Gasteiger partial charge in [-0.25, -0.2) is 9.48 Å². The van der Waals surface area contributed by atoms with Crippen LogP contribution in [0.2, 0.25) is 0 Å². The smallest absolute Gasteiger partial charge is 0.359 e. The summed E-state index contributed by atoms with van der Waals surface area (Å²) in [4.78, 5) is 36.8. The minimum Gasteiger partial charge on any atom is -0.451 e. The molecule has 0 aliphatic heterocycles. The van der Waals surface area contributed by atoms with Crippen molar-refractivity contribution < 1.29 is 19.4 Å². The third kappa shape index (κ3) is 5.05. The highest BCUT2D eigenvalue weighted by atomic mass is 16.5. The Morgan fingerprint density at radius 3 is 2.45 bits per heavy atom. The van der Waals surface area contributed by atoms with Crippen LogP contribution in [-0.4, -0.2) is 46.5 Å². The molecular formula is C21H21N3O5. The maximum absolute atomic E-state index is 12.5. The molecule has 0 radical (unpaired) electrons. The fourth-order valence-electron chi connectivity index (χ4n) is 2.87. The average molecular weight is 395 g/mol. The minimum atomic E-state index is -0.814. The van der Waals surface area contributed by atoms with Gasteiger partial charge in [-0.05, 0) is 18.1 Å². The molecule has 150 valence electrons. The van der Waals surface area contributed by atoms with Crippen LogP contribution in [0.4, 0.5) is 0 Å². The Bertz CT molecular complexity index is 1060. The zero-order valence-electron chi connectivity index (χ0n) is 15.7. The number of aliphatic hydroxyl groups is 1. The van der Waals surface area contributed by atoms with Crippen molar-refractivity contribution in [3.8, 4) is 0 Å². The Labute approximate surface area is 166 Å². The third-order valence-electron chi connectivity index (χ3n) is 4.29. The number of ether oxygens (including phenoxy) is 1. The molecule has 0 spiro atoms. The zero-order valence-corrected chi connectivity index (χ0v) is 15.7. The van der Waals surface area contributed by atoms with Gasteiger partial charge in [-0.15, -0.1) is 0 Å². The standard InChI is InChI=1S/C21H21N3O5/c25-13-12-24-20(27)17-9-5-4-8-16(17)19(23-24)21(28)29-14-18(26)22-11-10-15-6-2-1-3-7-15/h1-9,25H,10-14H2,(H,22,26). The second-order valence-corrected chi connectivity index (χ2v) is 6.31. The van der Waals surface area contributed by atoms with E-state index < -0.39 is 24.0 Å². The summed E-state index contributed by atoms with van der Waals surface area (Å²) in [6.45, 7) is -0.390. The lowest BCUT2D eigenvalue weighted by molar-refractivity contribution is -0.124. The van der Waals surface area contributed by atoms with Crippen LogP contribution < -0.4 is 10.9 Å². The first kappa shape index (κ1) is 20.2. The summed E-state index contributed by atoms with van der Waals surface area (Å²) in [6, 6.07) is 16.2. The summed E-state index contributed by atoms with van der Waals surface area (Å²) in [5, 5.41) is 16.4. The monoisotopic (exact) mass is 395 g/mol. The van der Waals surface area contributed by atoms with E-state index in [1.165, 1.54) is 0 Å². The van der Waals surface area contributed by atoms with Crippen LogP contribution in [0.1, 0.15) is 16.1 Å². The molecule has 8 nitrogen and oxygen atoms in total. The number of carbonyl (C=O) groups is 2. The number of fused-ring (bicyclic) bond motifs is 1. The fourth-order valence-corrected chi connectivity index (χ4v) is 2.87. The molecule has 1 heterocycles. The largest absolute Gasteiger partial charge is 0.451 e. The van der Waals surface area contributed by atoms with Crippen molar-refractivity contribution in [3.63, 3.8) is 0 Å². The van der Waals surface area contributed by atoms with Gasteiger partial charge in [0.1, 0.15) is 0 Å². The summed E-state index contributed by atoms with van der Waals surface area (Å²) in [7, 11) is 0. The first-order valence-corrected chi connectivity index (χ1v) is 9.18. The number of benzene rings is 2. The highest BCUT2D eigenvalue weighted by Crippen LogP contribution is 2.14. The van der Waals surface area contributed by atoms with Crippen LogP contribution in [0, 0.1) is 0 Å². The van der Waals surface area contributed by atoms with Crippen molar-refractivity contribution in [2.45, 2.75) is 13.0 Å². The molecule has 1 amide bonds. The van der Waals surface area contributed by atoms with E-state index in [4.69, 9.17) is 9.84 Å². The summed E-state index contributed by atoms with van der Waals surface area (Å²) in [6.07, 6.45) is 0.666. The molecule has 0 saturated carbocycles. The van der Waals surface area contributed by atoms with E-state index in [1.54, 1.807) is 24.3 Å². The van der Waals surface area contributed by atoms with Gasteiger partial charge in [-0.2, -0.15) is 5.10 Å².